The molecule has 2 aromatic carbocycles. The van der Waals surface area contributed by atoms with Crippen LogP contribution in [0.15, 0.2) is 59.6 Å². The minimum atomic E-state index is 0.734. The molecule has 1 aliphatic rings. The van der Waals surface area contributed by atoms with Gasteiger partial charge in [-0.1, -0.05) is 54.6 Å². The third-order valence-electron chi connectivity index (χ3n) is 3.06. The zero-order valence-corrected chi connectivity index (χ0v) is 10.2. The fourth-order valence-corrected chi connectivity index (χ4v) is 2.11. The lowest BCUT2D eigenvalue weighted by atomic mass is 10.0. The number of hydrogen-bond donors (Lipinski definition) is 0. The number of aliphatic imine (C=N–C) groups is 1. The summed E-state index contributed by atoms with van der Waals surface area (Å²) in [6, 6.07) is 19.0. The number of nitrogens with zero attached hydrogens (tertiary/aromatic N) is 1. The van der Waals surface area contributed by atoms with E-state index in [0.29, 0.717) is 0 Å². The van der Waals surface area contributed by atoms with Crippen molar-refractivity contribution in [2.45, 2.75) is 6.42 Å². The van der Waals surface area contributed by atoms with Crippen LogP contribution in [-0.4, -0.2) is 19.0 Å². The van der Waals surface area contributed by atoms with E-state index in [2.05, 4.69) is 53.5 Å². The molecule has 0 spiro atoms. The Labute approximate surface area is 107 Å². The van der Waals surface area contributed by atoms with E-state index in [-0.39, 0.29) is 0 Å². The lowest BCUT2D eigenvalue weighted by Gasteiger charge is -2.04. The van der Waals surface area contributed by atoms with Gasteiger partial charge < -0.3 is 4.74 Å². The van der Waals surface area contributed by atoms with Crippen molar-refractivity contribution in [3.63, 3.8) is 0 Å². The zero-order valence-electron chi connectivity index (χ0n) is 10.2. The van der Waals surface area contributed by atoms with E-state index < -0.39 is 0 Å². The summed E-state index contributed by atoms with van der Waals surface area (Å²) in [5, 5.41) is 0. The van der Waals surface area contributed by atoms with Crippen LogP contribution in [0.1, 0.15) is 5.56 Å². The molecule has 1 aliphatic heterocycles. The Morgan fingerprint density at radius 3 is 2.28 bits per heavy atom. The quantitative estimate of drug-likeness (QED) is 0.802. The molecule has 0 N–H and O–H groups in total. The molecular weight excluding hydrogens is 222 g/mol. The van der Waals surface area contributed by atoms with Crippen LogP contribution in [0.2, 0.25) is 0 Å². The fraction of sp³-hybridized carbons (Fsp3) is 0.188. The summed E-state index contributed by atoms with van der Waals surface area (Å²) in [4.78, 5) is 4.31. The van der Waals surface area contributed by atoms with Gasteiger partial charge in [0, 0.05) is 6.42 Å². The second-order valence-corrected chi connectivity index (χ2v) is 4.36. The largest absolute Gasteiger partial charge is 0.479 e. The van der Waals surface area contributed by atoms with Gasteiger partial charge in [0.15, 0.2) is 5.90 Å². The van der Waals surface area contributed by atoms with E-state index in [1.165, 1.54) is 16.7 Å². The van der Waals surface area contributed by atoms with Crippen LogP contribution >= 0.6 is 0 Å². The Balaban J connectivity index is 1.77. The maximum absolute atomic E-state index is 5.42. The predicted molar refractivity (Wildman–Crippen MR) is 73.8 cm³/mol. The minimum Gasteiger partial charge on any atom is -0.479 e. The van der Waals surface area contributed by atoms with E-state index in [4.69, 9.17) is 4.74 Å². The molecule has 90 valence electrons. The highest BCUT2D eigenvalue weighted by Gasteiger charge is 2.07. The van der Waals surface area contributed by atoms with Crippen LogP contribution in [0.3, 0.4) is 0 Å². The summed E-state index contributed by atoms with van der Waals surface area (Å²) in [5.74, 6) is 0.863. The minimum absolute atomic E-state index is 0.734. The molecule has 0 amide bonds. The first kappa shape index (κ1) is 11.0. The van der Waals surface area contributed by atoms with E-state index in [9.17, 15) is 0 Å². The van der Waals surface area contributed by atoms with Crippen molar-refractivity contribution in [2.75, 3.05) is 13.2 Å². The third kappa shape index (κ3) is 2.43. The molecule has 0 atom stereocenters. The predicted octanol–water partition coefficient (Wildman–Crippen LogP) is 3.32. The smallest absolute Gasteiger partial charge is 0.187 e. The Bertz CT molecular complexity index is 543. The molecule has 1 heterocycles. The summed E-state index contributed by atoms with van der Waals surface area (Å²) < 4.78 is 5.42. The molecule has 0 radical (unpaired) electrons. The van der Waals surface area contributed by atoms with Crippen molar-refractivity contribution in [1.82, 2.24) is 0 Å². The molecule has 0 unspecified atom stereocenters. The second-order valence-electron chi connectivity index (χ2n) is 4.36. The average molecular weight is 237 g/mol. The normalized spacial score (nSPS) is 14.1. The van der Waals surface area contributed by atoms with Crippen LogP contribution in [-0.2, 0) is 11.2 Å². The van der Waals surface area contributed by atoms with E-state index in [1.54, 1.807) is 0 Å². The fourth-order valence-electron chi connectivity index (χ4n) is 2.11. The lowest BCUT2D eigenvalue weighted by molar-refractivity contribution is 0.341. The summed E-state index contributed by atoms with van der Waals surface area (Å²) in [7, 11) is 0. The maximum Gasteiger partial charge on any atom is 0.187 e. The zero-order chi connectivity index (χ0) is 12.2. The van der Waals surface area contributed by atoms with Gasteiger partial charge in [0.1, 0.15) is 6.61 Å². The van der Waals surface area contributed by atoms with Gasteiger partial charge in [-0.3, -0.25) is 4.99 Å². The SMILES string of the molecule is c1ccc(-c2ccc(CC3=NCCO3)cc2)cc1. The van der Waals surface area contributed by atoms with Gasteiger partial charge in [0.2, 0.25) is 0 Å². The number of rotatable bonds is 3. The highest BCUT2D eigenvalue weighted by molar-refractivity contribution is 5.80. The summed E-state index contributed by atoms with van der Waals surface area (Å²) in [6.07, 6.45) is 0.801. The van der Waals surface area contributed by atoms with Gasteiger partial charge in [-0.15, -0.1) is 0 Å². The van der Waals surface area contributed by atoms with Crippen LogP contribution in [0, 0.1) is 0 Å². The van der Waals surface area contributed by atoms with Crippen LogP contribution in [0.25, 0.3) is 11.1 Å². The molecule has 0 saturated carbocycles. The van der Waals surface area contributed by atoms with Crippen LogP contribution < -0.4 is 0 Å². The summed E-state index contributed by atoms with van der Waals surface area (Å²) >= 11 is 0. The highest BCUT2D eigenvalue weighted by Crippen LogP contribution is 2.19. The van der Waals surface area contributed by atoms with Crippen molar-refractivity contribution in [3.8, 4) is 11.1 Å². The number of ether oxygens (including phenoxy) is 1. The van der Waals surface area contributed by atoms with Crippen molar-refractivity contribution < 1.29 is 4.74 Å². The summed E-state index contributed by atoms with van der Waals surface area (Å²) in [5.41, 5.74) is 3.74. The van der Waals surface area contributed by atoms with Crippen LogP contribution in [0.4, 0.5) is 0 Å². The topological polar surface area (TPSA) is 21.6 Å². The van der Waals surface area contributed by atoms with Crippen molar-refractivity contribution in [3.05, 3.63) is 60.2 Å². The van der Waals surface area contributed by atoms with Gasteiger partial charge >= 0.3 is 0 Å². The number of hydrogen-bond acceptors (Lipinski definition) is 2. The molecule has 18 heavy (non-hydrogen) atoms. The first-order valence-electron chi connectivity index (χ1n) is 6.22. The Morgan fingerprint density at radius 1 is 0.889 bits per heavy atom. The molecule has 0 saturated heterocycles. The molecule has 0 aromatic heterocycles. The Hall–Kier alpha value is -2.09. The standard InChI is InChI=1S/C16H15NO/c1-2-4-14(5-3-1)15-8-6-13(7-9-15)12-16-17-10-11-18-16/h1-9H,10-12H2. The monoisotopic (exact) mass is 237 g/mol. The molecule has 2 aromatic rings. The lowest BCUT2D eigenvalue weighted by Crippen LogP contribution is -2.02. The molecular formula is C16H15NO. The van der Waals surface area contributed by atoms with E-state index in [1.807, 2.05) is 6.07 Å². The number of benzene rings is 2. The second kappa shape index (κ2) is 5.05. The average Bonchev–Trinajstić information content (AvgIpc) is 2.94. The maximum atomic E-state index is 5.42. The van der Waals surface area contributed by atoms with Gasteiger partial charge in [-0.25, -0.2) is 0 Å². The molecule has 0 bridgehead atoms. The Morgan fingerprint density at radius 2 is 1.61 bits per heavy atom. The van der Waals surface area contributed by atoms with Crippen molar-refractivity contribution in [2.24, 2.45) is 4.99 Å². The Kier molecular flexibility index (Phi) is 3.09. The first-order valence-corrected chi connectivity index (χ1v) is 6.22. The first-order chi connectivity index (χ1) is 8.92. The van der Waals surface area contributed by atoms with Crippen molar-refractivity contribution >= 4 is 5.90 Å². The van der Waals surface area contributed by atoms with Gasteiger partial charge in [-0.2, -0.15) is 0 Å². The molecule has 2 nitrogen and oxygen atoms in total. The van der Waals surface area contributed by atoms with E-state index in [0.717, 1.165) is 25.5 Å². The third-order valence-corrected chi connectivity index (χ3v) is 3.06. The van der Waals surface area contributed by atoms with Gasteiger partial charge in [-0.05, 0) is 16.7 Å². The van der Waals surface area contributed by atoms with E-state index >= 15 is 0 Å². The highest BCUT2D eigenvalue weighted by atomic mass is 16.5. The van der Waals surface area contributed by atoms with Crippen molar-refractivity contribution in [1.29, 1.82) is 0 Å². The summed E-state index contributed by atoms with van der Waals surface area (Å²) in [6.45, 7) is 1.54. The van der Waals surface area contributed by atoms with Gasteiger partial charge in [0.05, 0.1) is 6.54 Å². The molecule has 0 aliphatic carbocycles. The molecule has 2 heteroatoms. The van der Waals surface area contributed by atoms with Gasteiger partial charge in [0.25, 0.3) is 0 Å². The molecule has 0 fully saturated rings. The van der Waals surface area contributed by atoms with Crippen LogP contribution in [0.5, 0.6) is 0 Å². The molecule has 3 rings (SSSR count).